The van der Waals surface area contributed by atoms with Crippen molar-refractivity contribution in [3.63, 3.8) is 0 Å². The summed E-state index contributed by atoms with van der Waals surface area (Å²) in [5.74, 6) is -1.00. The molecule has 1 aromatic rings. The first-order valence-electron chi connectivity index (χ1n) is 7.48. The molecule has 1 N–H and O–H groups in total. The molecule has 0 bridgehead atoms. The van der Waals surface area contributed by atoms with E-state index in [9.17, 15) is 8.78 Å². The fraction of sp³-hybridized carbons (Fsp3) is 0.625. The van der Waals surface area contributed by atoms with Crippen LogP contribution in [0, 0.1) is 11.6 Å². The van der Waals surface area contributed by atoms with Crippen molar-refractivity contribution in [3.05, 3.63) is 29.3 Å². The molecule has 1 aromatic carbocycles. The van der Waals surface area contributed by atoms with Gasteiger partial charge in [0, 0.05) is 33.8 Å². The number of ether oxygens (including phenoxy) is 1. The van der Waals surface area contributed by atoms with E-state index in [1.54, 1.807) is 19.1 Å². The maximum atomic E-state index is 14.1. The number of rotatable bonds is 10. The van der Waals surface area contributed by atoms with Gasteiger partial charge in [0.15, 0.2) is 0 Å². The summed E-state index contributed by atoms with van der Waals surface area (Å²) in [4.78, 5) is 1.66. The first kappa shape index (κ1) is 17.9. The number of unbranched alkanes of at least 4 members (excludes halogenated alkanes) is 2. The molecule has 0 unspecified atom stereocenters. The number of halogens is 2. The number of benzene rings is 1. The Morgan fingerprint density at radius 3 is 2.43 bits per heavy atom. The van der Waals surface area contributed by atoms with Gasteiger partial charge in [-0.25, -0.2) is 8.78 Å². The summed E-state index contributed by atoms with van der Waals surface area (Å²) >= 11 is 0. The van der Waals surface area contributed by atoms with Crippen LogP contribution < -0.4 is 10.2 Å². The topological polar surface area (TPSA) is 24.5 Å². The molecular weight excluding hydrogens is 274 g/mol. The number of hydrogen-bond acceptors (Lipinski definition) is 3. The van der Waals surface area contributed by atoms with Crippen LogP contribution in [-0.2, 0) is 11.3 Å². The van der Waals surface area contributed by atoms with Gasteiger partial charge in [-0.2, -0.15) is 0 Å². The molecule has 0 saturated heterocycles. The Balaban J connectivity index is 2.66. The highest BCUT2D eigenvalue weighted by atomic mass is 19.1. The van der Waals surface area contributed by atoms with Crippen LogP contribution in [0.25, 0.3) is 0 Å². The minimum atomic E-state index is -0.502. The SMILES string of the molecule is CCCCCN(C)c1c(F)cc(CNCCOC)cc1F. The minimum absolute atomic E-state index is 0.0618. The number of methoxy groups -OCH3 is 1. The second-order valence-electron chi connectivity index (χ2n) is 5.21. The molecule has 0 saturated carbocycles. The predicted molar refractivity (Wildman–Crippen MR) is 82.7 cm³/mol. The van der Waals surface area contributed by atoms with Gasteiger partial charge in [-0.3, -0.25) is 0 Å². The van der Waals surface area contributed by atoms with E-state index >= 15 is 0 Å². The van der Waals surface area contributed by atoms with Crippen LogP contribution in [0.15, 0.2) is 12.1 Å². The van der Waals surface area contributed by atoms with E-state index in [4.69, 9.17) is 4.74 Å². The van der Waals surface area contributed by atoms with Crippen molar-refractivity contribution in [3.8, 4) is 0 Å². The molecule has 0 fully saturated rings. The Kier molecular flexibility index (Phi) is 8.23. The molecule has 3 nitrogen and oxygen atoms in total. The molecule has 0 aliphatic rings. The summed E-state index contributed by atoms with van der Waals surface area (Å²) in [5.41, 5.74) is 0.665. The molecule has 0 aliphatic heterocycles. The lowest BCUT2D eigenvalue weighted by Crippen LogP contribution is -2.22. The molecule has 0 aliphatic carbocycles. The van der Waals surface area contributed by atoms with E-state index < -0.39 is 11.6 Å². The number of anilines is 1. The predicted octanol–water partition coefficient (Wildman–Crippen LogP) is 3.33. The van der Waals surface area contributed by atoms with Gasteiger partial charge in [0.25, 0.3) is 0 Å². The summed E-state index contributed by atoms with van der Waals surface area (Å²) in [7, 11) is 3.35. The zero-order valence-electron chi connectivity index (χ0n) is 13.2. The summed E-state index contributed by atoms with van der Waals surface area (Å²) in [6, 6.07) is 2.79. The van der Waals surface area contributed by atoms with Gasteiger partial charge in [0.05, 0.1) is 6.61 Å². The van der Waals surface area contributed by atoms with Crippen molar-refractivity contribution in [1.82, 2.24) is 5.32 Å². The Bertz CT molecular complexity index is 404. The lowest BCUT2D eigenvalue weighted by molar-refractivity contribution is 0.199. The van der Waals surface area contributed by atoms with Crippen molar-refractivity contribution >= 4 is 5.69 Å². The molecule has 1 rings (SSSR count). The van der Waals surface area contributed by atoms with Crippen LogP contribution >= 0.6 is 0 Å². The number of nitrogens with zero attached hydrogens (tertiary/aromatic N) is 1. The van der Waals surface area contributed by atoms with Crippen LogP contribution in [0.4, 0.5) is 14.5 Å². The van der Waals surface area contributed by atoms with E-state index in [1.807, 2.05) is 0 Å². The van der Waals surface area contributed by atoms with Gasteiger partial charge in [-0.05, 0) is 24.1 Å². The van der Waals surface area contributed by atoms with Gasteiger partial charge in [0.2, 0.25) is 0 Å². The second kappa shape index (κ2) is 9.68. The summed E-state index contributed by atoms with van der Waals surface area (Å²) in [5, 5.41) is 3.08. The normalized spacial score (nSPS) is 10.9. The van der Waals surface area contributed by atoms with Gasteiger partial charge in [-0.1, -0.05) is 19.8 Å². The van der Waals surface area contributed by atoms with Gasteiger partial charge in [0.1, 0.15) is 17.3 Å². The molecule has 21 heavy (non-hydrogen) atoms. The number of hydrogen-bond donors (Lipinski definition) is 1. The third-order valence-electron chi connectivity index (χ3n) is 3.37. The van der Waals surface area contributed by atoms with Crippen molar-refractivity contribution in [2.45, 2.75) is 32.7 Å². The lowest BCUT2D eigenvalue weighted by atomic mass is 10.1. The molecule has 0 aromatic heterocycles. The van der Waals surface area contributed by atoms with Crippen molar-refractivity contribution < 1.29 is 13.5 Å². The first-order chi connectivity index (χ1) is 10.1. The Hall–Kier alpha value is -1.20. The highest BCUT2D eigenvalue weighted by Gasteiger charge is 2.15. The monoisotopic (exact) mass is 300 g/mol. The molecule has 0 spiro atoms. The Labute approximate surface area is 126 Å². The maximum Gasteiger partial charge on any atom is 0.149 e. The third kappa shape index (κ3) is 5.98. The fourth-order valence-corrected chi connectivity index (χ4v) is 2.20. The van der Waals surface area contributed by atoms with Crippen LogP contribution in [-0.4, -0.2) is 33.9 Å². The average Bonchev–Trinajstić information content (AvgIpc) is 2.43. The van der Waals surface area contributed by atoms with Crippen LogP contribution in [0.2, 0.25) is 0 Å². The highest BCUT2D eigenvalue weighted by Crippen LogP contribution is 2.24. The maximum absolute atomic E-state index is 14.1. The van der Waals surface area contributed by atoms with E-state index in [-0.39, 0.29) is 5.69 Å². The molecule has 0 atom stereocenters. The van der Waals surface area contributed by atoms with Crippen LogP contribution in [0.1, 0.15) is 31.7 Å². The van der Waals surface area contributed by atoms with Crippen LogP contribution in [0.5, 0.6) is 0 Å². The zero-order chi connectivity index (χ0) is 15.7. The largest absolute Gasteiger partial charge is 0.383 e. The fourth-order valence-electron chi connectivity index (χ4n) is 2.20. The van der Waals surface area contributed by atoms with Crippen molar-refractivity contribution in [2.24, 2.45) is 0 Å². The minimum Gasteiger partial charge on any atom is -0.383 e. The third-order valence-corrected chi connectivity index (χ3v) is 3.37. The summed E-state index contributed by atoms with van der Waals surface area (Å²) < 4.78 is 33.1. The van der Waals surface area contributed by atoms with E-state index in [2.05, 4.69) is 12.2 Å². The zero-order valence-corrected chi connectivity index (χ0v) is 13.2. The summed E-state index contributed by atoms with van der Waals surface area (Å²) in [6.07, 6.45) is 3.09. The first-order valence-corrected chi connectivity index (χ1v) is 7.48. The molecule has 0 heterocycles. The van der Waals surface area contributed by atoms with E-state index in [0.717, 1.165) is 19.3 Å². The smallest absolute Gasteiger partial charge is 0.149 e. The van der Waals surface area contributed by atoms with E-state index in [1.165, 1.54) is 12.1 Å². The lowest BCUT2D eigenvalue weighted by Gasteiger charge is -2.21. The molecule has 0 radical (unpaired) electrons. The van der Waals surface area contributed by atoms with Gasteiger partial charge >= 0.3 is 0 Å². The van der Waals surface area contributed by atoms with Crippen LogP contribution in [0.3, 0.4) is 0 Å². The van der Waals surface area contributed by atoms with E-state index in [0.29, 0.717) is 31.8 Å². The van der Waals surface area contributed by atoms with Crippen molar-refractivity contribution in [2.75, 3.05) is 38.8 Å². The quantitative estimate of drug-likeness (QED) is 0.671. The van der Waals surface area contributed by atoms with Gasteiger partial charge in [-0.15, -0.1) is 0 Å². The highest BCUT2D eigenvalue weighted by molar-refractivity contribution is 5.50. The molecule has 0 amide bonds. The summed E-state index contributed by atoms with van der Waals surface area (Å²) in [6.45, 7) is 4.41. The standard InChI is InChI=1S/C16H26F2N2O/c1-4-5-6-8-20(2)16-14(17)10-13(11-15(16)18)12-19-7-9-21-3/h10-11,19H,4-9,12H2,1-3H3. The van der Waals surface area contributed by atoms with Crippen molar-refractivity contribution in [1.29, 1.82) is 0 Å². The Morgan fingerprint density at radius 2 is 1.86 bits per heavy atom. The number of nitrogens with one attached hydrogen (secondary N) is 1. The molecule has 120 valence electrons. The molecular formula is C16H26F2N2O. The molecule has 5 heteroatoms. The average molecular weight is 300 g/mol. The van der Waals surface area contributed by atoms with Gasteiger partial charge < -0.3 is 15.0 Å². The second-order valence-corrected chi connectivity index (χ2v) is 5.21. The Morgan fingerprint density at radius 1 is 1.19 bits per heavy atom.